The molecule has 0 fully saturated rings. The molecule has 0 amide bonds. The second kappa shape index (κ2) is 3.79. The van der Waals surface area contributed by atoms with Crippen molar-refractivity contribution in [3.8, 4) is 0 Å². The number of hydrogen-bond donors (Lipinski definition) is 0. The zero-order valence-corrected chi connectivity index (χ0v) is 7.62. The van der Waals surface area contributed by atoms with Gasteiger partial charge in [-0.2, -0.15) is 0 Å². The summed E-state index contributed by atoms with van der Waals surface area (Å²) in [6.45, 7) is 0.958. The molecule has 0 heterocycles. The molecule has 0 bridgehead atoms. The molecule has 0 aromatic carbocycles. The second-order valence-corrected chi connectivity index (χ2v) is 2.70. The Bertz CT molecular complexity index is 77.0. The molecule has 0 aliphatic rings. The molecular formula is C2H5O3PW-2. The van der Waals surface area contributed by atoms with E-state index in [1.165, 1.54) is 0 Å². The van der Waals surface area contributed by atoms with E-state index in [9.17, 15) is 9.46 Å². The number of hydrogen-bond acceptors (Lipinski definition) is 3. The molecule has 0 spiro atoms. The molecule has 0 aliphatic carbocycles. The van der Waals surface area contributed by atoms with Gasteiger partial charge in [0, 0.05) is 21.1 Å². The molecule has 0 radical (unpaired) electrons. The summed E-state index contributed by atoms with van der Waals surface area (Å²) in [5.74, 6) is 0. The van der Waals surface area contributed by atoms with Gasteiger partial charge in [-0.15, -0.1) is 0 Å². The van der Waals surface area contributed by atoms with Crippen LogP contribution < -0.4 is 4.89 Å². The fourth-order valence-electron chi connectivity index (χ4n) is 0. The molecule has 1 atom stereocenters. The molecule has 7 heavy (non-hydrogen) atoms. The molecular weight excluding hydrogens is 287 g/mol. The van der Waals surface area contributed by atoms with Crippen LogP contribution in [0.3, 0.4) is 0 Å². The minimum Gasteiger partial charge on any atom is -0.780 e. The van der Waals surface area contributed by atoms with Crippen LogP contribution in [0.2, 0.25) is 0 Å². The zero-order valence-electron chi connectivity index (χ0n) is 3.79. The van der Waals surface area contributed by atoms with Crippen LogP contribution in [0.5, 0.6) is 0 Å². The van der Waals surface area contributed by atoms with Crippen molar-refractivity contribution in [2.75, 3.05) is 6.66 Å². The van der Waals surface area contributed by atoms with E-state index < -0.39 is 7.60 Å². The Balaban J connectivity index is 0. The van der Waals surface area contributed by atoms with E-state index >= 15 is 0 Å². The first kappa shape index (κ1) is 10.8. The van der Waals surface area contributed by atoms with Gasteiger partial charge >= 0.3 is 0 Å². The maximum atomic E-state index is 9.74. The third-order valence-corrected chi connectivity index (χ3v) is 0.704. The topological polar surface area (TPSA) is 49.4 Å². The van der Waals surface area contributed by atoms with Gasteiger partial charge in [0.25, 0.3) is 0 Å². The smallest absolute Gasteiger partial charge is 0.101 e. The summed E-state index contributed by atoms with van der Waals surface area (Å²) in [7, 11) is -0.826. The SMILES string of the molecule is [CH2-]OP(C)(=O)[O-].[W]. The van der Waals surface area contributed by atoms with E-state index in [0.29, 0.717) is 0 Å². The monoisotopic (exact) mass is 292 g/mol. The molecule has 0 saturated heterocycles. The summed E-state index contributed by atoms with van der Waals surface area (Å²) < 4.78 is 13.4. The van der Waals surface area contributed by atoms with Crippen molar-refractivity contribution in [3.05, 3.63) is 7.11 Å². The number of rotatable bonds is 1. The third kappa shape index (κ3) is 10.9. The molecule has 0 aliphatic heterocycles. The first-order valence-corrected chi connectivity index (χ1v) is 3.27. The molecule has 0 rings (SSSR count). The summed E-state index contributed by atoms with van der Waals surface area (Å²) in [4.78, 5) is 9.74. The van der Waals surface area contributed by atoms with Crippen LogP contribution in [0.25, 0.3) is 0 Å². The standard InChI is InChI=1S/C2H6O3P.W/c1-5-6(2,3)4;/h1H2,2H3,(H,3,4);/q-1;/p-1. The van der Waals surface area contributed by atoms with Crippen LogP contribution in [0, 0.1) is 7.11 Å². The van der Waals surface area contributed by atoms with E-state index in [-0.39, 0.29) is 21.1 Å². The molecule has 0 aromatic heterocycles. The maximum Gasteiger partial charge on any atom is 0.101 e. The maximum absolute atomic E-state index is 9.74. The fourth-order valence-corrected chi connectivity index (χ4v) is 0. The molecule has 44 valence electrons. The van der Waals surface area contributed by atoms with E-state index in [1.807, 2.05) is 0 Å². The minimum absolute atomic E-state index is 0. The van der Waals surface area contributed by atoms with Gasteiger partial charge in [0.15, 0.2) is 0 Å². The predicted molar refractivity (Wildman–Crippen MR) is 20.0 cm³/mol. The summed E-state index contributed by atoms with van der Waals surface area (Å²) in [6, 6.07) is 0. The Kier molecular flexibility index (Phi) is 5.83. The van der Waals surface area contributed by atoms with E-state index in [0.717, 1.165) is 6.66 Å². The molecule has 1 unspecified atom stereocenters. The van der Waals surface area contributed by atoms with Crippen molar-refractivity contribution >= 4 is 7.60 Å². The van der Waals surface area contributed by atoms with Crippen LogP contribution in [-0.4, -0.2) is 6.66 Å². The average molecular weight is 292 g/mol. The van der Waals surface area contributed by atoms with Gasteiger partial charge in [0.2, 0.25) is 0 Å². The van der Waals surface area contributed by atoms with Crippen LogP contribution in [0.1, 0.15) is 0 Å². The first-order chi connectivity index (χ1) is 2.56. The van der Waals surface area contributed by atoms with Crippen molar-refractivity contribution in [2.24, 2.45) is 0 Å². The molecule has 0 N–H and O–H groups in total. The van der Waals surface area contributed by atoms with Crippen LogP contribution in [-0.2, 0) is 30.2 Å². The van der Waals surface area contributed by atoms with E-state index in [1.54, 1.807) is 0 Å². The van der Waals surface area contributed by atoms with Gasteiger partial charge in [-0.25, -0.2) is 7.11 Å². The van der Waals surface area contributed by atoms with Crippen molar-refractivity contribution in [1.82, 2.24) is 0 Å². The summed E-state index contributed by atoms with van der Waals surface area (Å²) in [5.41, 5.74) is 0. The largest absolute Gasteiger partial charge is 0.780 e. The van der Waals surface area contributed by atoms with E-state index in [4.69, 9.17) is 0 Å². The quantitative estimate of drug-likeness (QED) is 0.504. The van der Waals surface area contributed by atoms with Gasteiger partial charge in [0.05, 0.1) is 0 Å². The summed E-state index contributed by atoms with van der Waals surface area (Å²) in [5, 5.41) is 0. The van der Waals surface area contributed by atoms with Gasteiger partial charge in [0.1, 0.15) is 7.60 Å². The van der Waals surface area contributed by atoms with Gasteiger partial charge in [-0.1, -0.05) is 0 Å². The normalized spacial score (nSPS) is 17.0. The molecule has 0 saturated carbocycles. The minimum atomic E-state index is -3.51. The Morgan fingerprint density at radius 2 is 2.00 bits per heavy atom. The predicted octanol–water partition coefficient (Wildman–Crippen LogP) is -0.0247. The summed E-state index contributed by atoms with van der Waals surface area (Å²) in [6.07, 6.45) is 0. The van der Waals surface area contributed by atoms with Crippen LogP contribution in [0.15, 0.2) is 0 Å². The van der Waals surface area contributed by atoms with Crippen molar-refractivity contribution < 1.29 is 35.0 Å². The van der Waals surface area contributed by atoms with Crippen LogP contribution >= 0.6 is 7.60 Å². The van der Waals surface area contributed by atoms with Gasteiger partial charge in [-0.05, 0) is 6.66 Å². The van der Waals surface area contributed by atoms with Crippen molar-refractivity contribution in [2.45, 2.75) is 0 Å². The third-order valence-electron chi connectivity index (χ3n) is 0.235. The van der Waals surface area contributed by atoms with Crippen molar-refractivity contribution in [1.29, 1.82) is 0 Å². The zero-order chi connectivity index (χ0) is 5.21. The van der Waals surface area contributed by atoms with Crippen molar-refractivity contribution in [3.63, 3.8) is 0 Å². The molecule has 3 nitrogen and oxygen atoms in total. The molecule has 0 aromatic rings. The Morgan fingerprint density at radius 1 is 1.86 bits per heavy atom. The van der Waals surface area contributed by atoms with Crippen LogP contribution in [0.4, 0.5) is 0 Å². The Morgan fingerprint density at radius 3 is 2.00 bits per heavy atom. The summed E-state index contributed by atoms with van der Waals surface area (Å²) >= 11 is 0. The Labute approximate surface area is 56.9 Å². The van der Waals surface area contributed by atoms with Gasteiger partial charge in [-0.3, -0.25) is 0 Å². The van der Waals surface area contributed by atoms with E-state index in [2.05, 4.69) is 11.6 Å². The fraction of sp³-hybridized carbons (Fsp3) is 0.500. The van der Waals surface area contributed by atoms with Gasteiger partial charge < -0.3 is 14.0 Å². The first-order valence-electron chi connectivity index (χ1n) is 1.28. The molecule has 5 heteroatoms. The second-order valence-electron chi connectivity index (χ2n) is 0.900. The average Bonchev–Trinajstić information content (AvgIpc) is 1.35. The Hall–Kier alpha value is 0.838.